The van der Waals surface area contributed by atoms with Gasteiger partial charge in [-0.15, -0.1) is 0 Å². The van der Waals surface area contributed by atoms with Crippen LogP contribution in [-0.4, -0.2) is 11.7 Å². The molecule has 6 heteroatoms. The zero-order valence-corrected chi connectivity index (χ0v) is 9.51. The van der Waals surface area contributed by atoms with E-state index < -0.39 is 0 Å². The maximum Gasteiger partial charge on any atom is 0.272 e. The number of rotatable bonds is 1. The number of nitrogens with zero attached hydrogens (tertiary/aromatic N) is 1. The molecule has 82 valence electrons. The molecule has 0 amide bonds. The Morgan fingerprint density at radius 2 is 2.38 bits per heavy atom. The van der Waals surface area contributed by atoms with Crippen molar-refractivity contribution in [2.45, 2.75) is 19.1 Å². The number of nitrogens with two attached hydrogens (primary N) is 2. The number of nitrogen functional groups attached to an aromatic ring is 1. The fourth-order valence-corrected chi connectivity index (χ4v) is 2.27. The second-order valence-corrected chi connectivity index (χ2v) is 4.44. The van der Waals surface area contributed by atoms with Gasteiger partial charge in [-0.2, -0.15) is 0 Å². The quantitative estimate of drug-likeness (QED) is 0.505. The predicted molar refractivity (Wildman–Crippen MR) is 66.8 cm³/mol. The van der Waals surface area contributed by atoms with E-state index in [0.29, 0.717) is 5.82 Å². The summed E-state index contributed by atoms with van der Waals surface area (Å²) in [6.07, 6.45) is 4.10. The highest BCUT2D eigenvalue weighted by Crippen LogP contribution is 2.29. The second kappa shape index (κ2) is 4.15. The van der Waals surface area contributed by atoms with Crippen LogP contribution in [0.5, 0.6) is 0 Å². The molecule has 1 aromatic rings. The normalized spacial score (nSPS) is 15.8. The summed E-state index contributed by atoms with van der Waals surface area (Å²) in [5, 5.41) is 9.14. The lowest BCUT2D eigenvalue weighted by atomic mass is 9.42. The number of aryl methyl sites for hydroxylation is 1. The number of H-pyrrole nitrogens is 1. The summed E-state index contributed by atoms with van der Waals surface area (Å²) in [6, 6.07) is 0. The smallest absolute Gasteiger partial charge is 0.272 e. The molecule has 4 nitrogen and oxygen atoms in total. The maximum atomic E-state index is 8.94. The van der Waals surface area contributed by atoms with E-state index in [1.165, 1.54) is 0 Å². The molecule has 0 saturated carbocycles. The first-order valence-electron chi connectivity index (χ1n) is 5.13. The van der Waals surface area contributed by atoms with Crippen molar-refractivity contribution in [1.29, 1.82) is 5.26 Å². The van der Waals surface area contributed by atoms with Gasteiger partial charge in [-0.05, 0) is 24.4 Å². The molecule has 0 bridgehead atoms. The van der Waals surface area contributed by atoms with Crippen LogP contribution < -0.4 is 11.5 Å². The van der Waals surface area contributed by atoms with E-state index in [2.05, 4.69) is 11.0 Å². The first-order valence-corrected chi connectivity index (χ1v) is 5.51. The topological polar surface area (TPSA) is 91.6 Å². The Labute approximate surface area is 99.3 Å². The number of aromatic amines is 1. The van der Waals surface area contributed by atoms with Gasteiger partial charge in [-0.25, -0.2) is 5.26 Å². The van der Waals surface area contributed by atoms with Gasteiger partial charge < -0.3 is 16.5 Å². The van der Waals surface area contributed by atoms with E-state index in [1.807, 2.05) is 0 Å². The number of nitrogens with one attached hydrogen (secondary N) is 1. The molecule has 1 aromatic heterocycles. The molecule has 0 spiro atoms. The highest BCUT2D eigenvalue weighted by atomic mass is 35.5. The lowest BCUT2D eigenvalue weighted by molar-refractivity contribution is 0.984. The van der Waals surface area contributed by atoms with Gasteiger partial charge in [0.15, 0.2) is 0 Å². The highest BCUT2D eigenvalue weighted by molar-refractivity contribution is 6.66. The molecule has 2 rings (SSSR count). The van der Waals surface area contributed by atoms with Gasteiger partial charge in [-0.3, -0.25) is 0 Å². The van der Waals surface area contributed by atoms with Crippen molar-refractivity contribution in [3.63, 3.8) is 0 Å². The molecule has 0 unspecified atom stereocenters. The molecule has 0 saturated heterocycles. The van der Waals surface area contributed by atoms with E-state index in [9.17, 15) is 0 Å². The Morgan fingerprint density at radius 3 is 3.00 bits per heavy atom. The molecule has 0 aliphatic carbocycles. The van der Waals surface area contributed by atoms with Crippen LogP contribution in [0.4, 0.5) is 5.82 Å². The van der Waals surface area contributed by atoms with Crippen LogP contribution in [0.15, 0.2) is 5.16 Å². The fourth-order valence-electron chi connectivity index (χ4n) is 2.16. The van der Waals surface area contributed by atoms with Crippen LogP contribution in [0.25, 0.3) is 6.08 Å². The molecule has 0 fully saturated rings. The summed E-state index contributed by atoms with van der Waals surface area (Å²) in [4.78, 5) is 3.12. The van der Waals surface area contributed by atoms with Crippen molar-refractivity contribution < 1.29 is 0 Å². The first-order chi connectivity index (χ1) is 7.61. The summed E-state index contributed by atoms with van der Waals surface area (Å²) >= 11 is 5.66. The standard InChI is InChI=1S/C10H12BClN4/c12-9(14)3-6-7-4-11(5-13)2-1-8(7)16-10(6)15/h3,16H,1-2,4,14-15H2/b9-3-. The zero-order chi connectivity index (χ0) is 11.7. The van der Waals surface area contributed by atoms with Crippen molar-refractivity contribution >= 4 is 30.2 Å². The van der Waals surface area contributed by atoms with E-state index in [-0.39, 0.29) is 11.9 Å². The van der Waals surface area contributed by atoms with Crippen molar-refractivity contribution in [2.24, 2.45) is 5.73 Å². The molecule has 1 aliphatic heterocycles. The fraction of sp³-hybridized carbons (Fsp3) is 0.300. The first kappa shape index (κ1) is 11.0. The summed E-state index contributed by atoms with van der Waals surface area (Å²) in [5.74, 6) is 2.87. The predicted octanol–water partition coefficient (Wildman–Crippen LogP) is 1.29. The van der Waals surface area contributed by atoms with Crippen LogP contribution in [0.3, 0.4) is 0 Å². The largest absolute Gasteiger partial charge is 0.389 e. The summed E-state index contributed by atoms with van der Waals surface area (Å²) in [7, 11) is 0. The van der Waals surface area contributed by atoms with Crippen LogP contribution in [-0.2, 0) is 12.7 Å². The van der Waals surface area contributed by atoms with E-state index in [4.69, 9.17) is 28.3 Å². The Bertz CT molecular complexity index is 482. The van der Waals surface area contributed by atoms with Crippen molar-refractivity contribution in [1.82, 2.24) is 4.98 Å². The average molecular weight is 234 g/mol. The zero-order valence-electron chi connectivity index (χ0n) is 8.76. The van der Waals surface area contributed by atoms with E-state index in [0.717, 1.165) is 35.9 Å². The Balaban J connectivity index is 2.44. The van der Waals surface area contributed by atoms with Crippen molar-refractivity contribution in [3.05, 3.63) is 22.0 Å². The number of anilines is 1. The van der Waals surface area contributed by atoms with Crippen LogP contribution in [0.2, 0.25) is 6.32 Å². The van der Waals surface area contributed by atoms with Gasteiger partial charge in [-0.1, -0.05) is 17.9 Å². The molecule has 0 radical (unpaired) electrons. The molecule has 0 aromatic carbocycles. The molecule has 5 N–H and O–H groups in total. The van der Waals surface area contributed by atoms with Crippen molar-refractivity contribution in [3.8, 4) is 5.97 Å². The summed E-state index contributed by atoms with van der Waals surface area (Å²) in [6.45, 7) is 0.0615. The van der Waals surface area contributed by atoms with Gasteiger partial charge in [0.2, 0.25) is 0 Å². The van der Waals surface area contributed by atoms with Gasteiger partial charge in [0.1, 0.15) is 5.82 Å². The monoisotopic (exact) mass is 234 g/mol. The third-order valence-electron chi connectivity index (χ3n) is 2.92. The van der Waals surface area contributed by atoms with Gasteiger partial charge in [0.25, 0.3) is 6.71 Å². The van der Waals surface area contributed by atoms with E-state index >= 15 is 0 Å². The maximum absolute atomic E-state index is 8.94. The van der Waals surface area contributed by atoms with Gasteiger partial charge >= 0.3 is 0 Å². The SMILES string of the molecule is N#CB1CCc2[nH]c(N)c(/C=C(\N)Cl)c2C1. The van der Waals surface area contributed by atoms with Crippen molar-refractivity contribution in [2.75, 3.05) is 5.73 Å². The molecule has 2 heterocycles. The number of halogens is 1. The average Bonchev–Trinajstić information content (AvgIpc) is 2.54. The number of hydrogen-bond donors (Lipinski definition) is 3. The van der Waals surface area contributed by atoms with Gasteiger partial charge in [0.05, 0.1) is 5.16 Å². The molecule has 1 aliphatic rings. The highest BCUT2D eigenvalue weighted by Gasteiger charge is 2.26. The molecular weight excluding hydrogens is 222 g/mol. The number of hydrogen-bond acceptors (Lipinski definition) is 3. The second-order valence-electron chi connectivity index (χ2n) is 4.01. The lowest BCUT2D eigenvalue weighted by Crippen LogP contribution is -2.21. The third kappa shape index (κ3) is 1.89. The summed E-state index contributed by atoms with van der Waals surface area (Å²) in [5.41, 5.74) is 14.3. The lowest BCUT2D eigenvalue weighted by Gasteiger charge is -2.13. The third-order valence-corrected chi connectivity index (χ3v) is 3.03. The molecule has 0 atom stereocenters. The minimum atomic E-state index is 0.0615. The van der Waals surface area contributed by atoms with Crippen LogP contribution >= 0.6 is 11.6 Å². The van der Waals surface area contributed by atoms with Gasteiger partial charge in [0, 0.05) is 17.2 Å². The Hall–Kier alpha value is -1.54. The van der Waals surface area contributed by atoms with E-state index in [1.54, 1.807) is 6.08 Å². The number of nitriles is 1. The number of fused-ring (bicyclic) bond motifs is 1. The minimum Gasteiger partial charge on any atom is -0.389 e. The van der Waals surface area contributed by atoms with Crippen LogP contribution in [0.1, 0.15) is 16.8 Å². The van der Waals surface area contributed by atoms with Crippen LogP contribution in [0, 0.1) is 11.2 Å². The molecule has 16 heavy (non-hydrogen) atoms. The Kier molecular flexibility index (Phi) is 2.84. The minimum absolute atomic E-state index is 0.0615. The summed E-state index contributed by atoms with van der Waals surface area (Å²) < 4.78 is 0. The number of aromatic nitrogens is 1. The Morgan fingerprint density at radius 1 is 1.62 bits per heavy atom. The molecular formula is C10H12BClN4.